The molecule has 5 heteroatoms. The summed E-state index contributed by atoms with van der Waals surface area (Å²) in [6, 6.07) is 14.7. The van der Waals surface area contributed by atoms with Gasteiger partial charge in [0.15, 0.2) is 11.6 Å². The monoisotopic (exact) mass is 367 g/mol. The van der Waals surface area contributed by atoms with Crippen molar-refractivity contribution in [2.45, 2.75) is 31.8 Å². The van der Waals surface area contributed by atoms with Crippen LogP contribution in [0.15, 0.2) is 61.1 Å². The van der Waals surface area contributed by atoms with E-state index in [1.807, 2.05) is 18.6 Å². The molecule has 140 valence electrons. The minimum atomic E-state index is -0.775. The van der Waals surface area contributed by atoms with E-state index in [0.29, 0.717) is 5.92 Å². The highest BCUT2D eigenvalue weighted by Gasteiger charge is 2.22. The highest BCUT2D eigenvalue weighted by molar-refractivity contribution is 5.22. The van der Waals surface area contributed by atoms with E-state index in [2.05, 4.69) is 38.7 Å². The van der Waals surface area contributed by atoms with Gasteiger partial charge in [-0.1, -0.05) is 36.4 Å². The second kappa shape index (κ2) is 8.01. The third-order valence-electron chi connectivity index (χ3n) is 5.38. The van der Waals surface area contributed by atoms with Crippen molar-refractivity contribution in [1.29, 1.82) is 0 Å². The molecule has 0 radical (unpaired) electrons. The summed E-state index contributed by atoms with van der Waals surface area (Å²) >= 11 is 0. The summed E-state index contributed by atoms with van der Waals surface area (Å²) in [6.45, 7) is 3.57. The first-order valence-electron chi connectivity index (χ1n) is 9.39. The molecular formula is C22H23F2N3. The van der Waals surface area contributed by atoms with Crippen molar-refractivity contribution in [1.82, 2.24) is 14.5 Å². The molecule has 0 saturated carbocycles. The number of nitrogens with zero attached hydrogens (tertiary/aromatic N) is 3. The molecule has 3 aromatic rings. The van der Waals surface area contributed by atoms with E-state index in [1.54, 1.807) is 6.07 Å². The van der Waals surface area contributed by atoms with Crippen molar-refractivity contribution in [2.75, 3.05) is 13.1 Å². The first-order valence-corrected chi connectivity index (χ1v) is 9.39. The number of hydrogen-bond donors (Lipinski definition) is 0. The van der Waals surface area contributed by atoms with Gasteiger partial charge in [-0.3, -0.25) is 4.90 Å². The van der Waals surface area contributed by atoms with Crippen LogP contribution in [0.3, 0.4) is 0 Å². The normalized spacial score (nSPS) is 15.9. The van der Waals surface area contributed by atoms with Crippen LogP contribution in [0.4, 0.5) is 8.78 Å². The molecule has 27 heavy (non-hydrogen) atoms. The highest BCUT2D eigenvalue weighted by Crippen LogP contribution is 2.29. The Balaban J connectivity index is 1.36. The van der Waals surface area contributed by atoms with E-state index in [0.717, 1.165) is 44.6 Å². The molecule has 0 aliphatic carbocycles. The standard InChI is InChI=1S/C22H23F2N3/c23-21-7-6-19(12-22(21)24)18-8-10-26(11-9-18)15-20-13-25-16-27(20)14-17-4-2-1-3-5-17/h1-7,12-13,16,18H,8-11,14-15H2. The van der Waals surface area contributed by atoms with Gasteiger partial charge in [0.1, 0.15) is 0 Å². The predicted octanol–water partition coefficient (Wildman–Crippen LogP) is 4.59. The van der Waals surface area contributed by atoms with Gasteiger partial charge in [0.05, 0.1) is 12.0 Å². The van der Waals surface area contributed by atoms with Crippen LogP contribution in [0.1, 0.15) is 35.6 Å². The Hall–Kier alpha value is -2.53. The molecule has 0 unspecified atom stereocenters. The van der Waals surface area contributed by atoms with Crippen LogP contribution in [-0.2, 0) is 13.1 Å². The Bertz CT molecular complexity index is 884. The van der Waals surface area contributed by atoms with E-state index in [9.17, 15) is 8.78 Å². The first-order chi connectivity index (χ1) is 13.2. The van der Waals surface area contributed by atoms with Gasteiger partial charge in [0.2, 0.25) is 0 Å². The minimum Gasteiger partial charge on any atom is -0.329 e. The van der Waals surface area contributed by atoms with Gasteiger partial charge in [-0.2, -0.15) is 0 Å². The van der Waals surface area contributed by atoms with Crippen LogP contribution >= 0.6 is 0 Å². The molecule has 2 aromatic carbocycles. The van der Waals surface area contributed by atoms with Crippen LogP contribution in [0.5, 0.6) is 0 Å². The maximum absolute atomic E-state index is 13.5. The maximum Gasteiger partial charge on any atom is 0.159 e. The predicted molar refractivity (Wildman–Crippen MR) is 101 cm³/mol. The van der Waals surface area contributed by atoms with Gasteiger partial charge < -0.3 is 4.57 Å². The zero-order valence-corrected chi connectivity index (χ0v) is 15.2. The zero-order valence-electron chi connectivity index (χ0n) is 15.2. The van der Waals surface area contributed by atoms with E-state index in [-0.39, 0.29) is 0 Å². The van der Waals surface area contributed by atoms with Gasteiger partial charge in [0, 0.05) is 19.3 Å². The van der Waals surface area contributed by atoms with Crippen molar-refractivity contribution >= 4 is 0 Å². The van der Waals surface area contributed by atoms with Crippen LogP contribution in [0.25, 0.3) is 0 Å². The van der Waals surface area contributed by atoms with E-state index < -0.39 is 11.6 Å². The number of aromatic nitrogens is 2. The minimum absolute atomic E-state index is 0.297. The fourth-order valence-electron chi connectivity index (χ4n) is 3.82. The van der Waals surface area contributed by atoms with Crippen molar-refractivity contribution in [3.63, 3.8) is 0 Å². The van der Waals surface area contributed by atoms with Gasteiger partial charge >= 0.3 is 0 Å². The summed E-state index contributed by atoms with van der Waals surface area (Å²) in [5.74, 6) is -1.23. The number of hydrogen-bond acceptors (Lipinski definition) is 2. The summed E-state index contributed by atoms with van der Waals surface area (Å²) in [5.41, 5.74) is 3.36. The lowest BCUT2D eigenvalue weighted by Gasteiger charge is -2.32. The number of rotatable bonds is 5. The van der Waals surface area contributed by atoms with E-state index >= 15 is 0 Å². The van der Waals surface area contributed by atoms with Crippen molar-refractivity contribution in [2.24, 2.45) is 0 Å². The maximum atomic E-state index is 13.5. The van der Waals surface area contributed by atoms with Crippen molar-refractivity contribution < 1.29 is 8.78 Å². The van der Waals surface area contributed by atoms with Crippen molar-refractivity contribution in [3.05, 3.63) is 89.5 Å². The molecule has 0 spiro atoms. The van der Waals surface area contributed by atoms with Crippen molar-refractivity contribution in [3.8, 4) is 0 Å². The second-order valence-corrected chi connectivity index (χ2v) is 7.22. The highest BCUT2D eigenvalue weighted by atomic mass is 19.2. The Morgan fingerprint density at radius 1 is 0.926 bits per heavy atom. The Morgan fingerprint density at radius 3 is 2.44 bits per heavy atom. The quantitative estimate of drug-likeness (QED) is 0.658. The molecule has 1 fully saturated rings. The lowest BCUT2D eigenvalue weighted by atomic mass is 9.89. The molecule has 0 atom stereocenters. The van der Waals surface area contributed by atoms with E-state index in [1.165, 1.54) is 23.4 Å². The SMILES string of the molecule is Fc1ccc(C2CCN(Cc3cncn3Cc3ccccc3)CC2)cc1F. The zero-order chi connectivity index (χ0) is 18.6. The lowest BCUT2D eigenvalue weighted by Crippen LogP contribution is -2.33. The molecule has 1 aromatic heterocycles. The Labute approximate surface area is 158 Å². The molecule has 1 aliphatic rings. The van der Waals surface area contributed by atoms with Crippen LogP contribution in [0.2, 0.25) is 0 Å². The number of halogens is 2. The molecule has 0 amide bonds. The Morgan fingerprint density at radius 2 is 1.70 bits per heavy atom. The molecular weight excluding hydrogens is 344 g/mol. The van der Waals surface area contributed by atoms with Gasteiger partial charge in [-0.05, 0) is 55.1 Å². The Kier molecular flexibility index (Phi) is 5.30. The molecule has 3 nitrogen and oxygen atoms in total. The fourth-order valence-corrected chi connectivity index (χ4v) is 3.82. The third-order valence-corrected chi connectivity index (χ3v) is 5.38. The average molecular weight is 367 g/mol. The van der Waals surface area contributed by atoms with Gasteiger partial charge in [-0.15, -0.1) is 0 Å². The summed E-state index contributed by atoms with van der Waals surface area (Å²) < 4.78 is 28.8. The first kappa shape index (κ1) is 17.9. The molecule has 0 N–H and O–H groups in total. The summed E-state index contributed by atoms with van der Waals surface area (Å²) in [6.07, 6.45) is 5.73. The lowest BCUT2D eigenvalue weighted by molar-refractivity contribution is 0.200. The average Bonchev–Trinajstić information content (AvgIpc) is 3.12. The number of likely N-dealkylation sites (tertiary alicyclic amines) is 1. The number of imidazole rings is 1. The fraction of sp³-hybridized carbons (Fsp3) is 0.318. The molecule has 2 heterocycles. The molecule has 0 bridgehead atoms. The van der Waals surface area contributed by atoms with Crippen LogP contribution < -0.4 is 0 Å². The third kappa shape index (κ3) is 4.25. The molecule has 4 rings (SSSR count). The van der Waals surface area contributed by atoms with Crippen LogP contribution in [-0.4, -0.2) is 27.5 Å². The summed E-state index contributed by atoms with van der Waals surface area (Å²) in [5, 5.41) is 0. The second-order valence-electron chi connectivity index (χ2n) is 7.22. The van der Waals surface area contributed by atoms with Gasteiger partial charge in [0.25, 0.3) is 0 Å². The largest absolute Gasteiger partial charge is 0.329 e. The summed E-state index contributed by atoms with van der Waals surface area (Å²) in [7, 11) is 0. The van der Waals surface area contributed by atoms with Gasteiger partial charge in [-0.25, -0.2) is 13.8 Å². The number of piperidine rings is 1. The molecule has 1 aliphatic heterocycles. The summed E-state index contributed by atoms with van der Waals surface area (Å²) in [4.78, 5) is 6.73. The molecule has 1 saturated heterocycles. The smallest absolute Gasteiger partial charge is 0.159 e. The topological polar surface area (TPSA) is 21.1 Å². The van der Waals surface area contributed by atoms with Crippen LogP contribution in [0, 0.1) is 11.6 Å². The van der Waals surface area contributed by atoms with E-state index in [4.69, 9.17) is 0 Å². The number of benzene rings is 2.